The smallest absolute Gasteiger partial charge is 0.336 e. The minimum absolute atomic E-state index is 0.266. The van der Waals surface area contributed by atoms with Gasteiger partial charge in [-0.3, -0.25) is 0 Å². The van der Waals surface area contributed by atoms with Crippen LogP contribution in [0.25, 0.3) is 0 Å². The zero-order valence-corrected chi connectivity index (χ0v) is 24.0. The number of carboxylic acids is 3. The Morgan fingerprint density at radius 2 is 0.846 bits per heavy atom. The number of benzene rings is 1. The Hall–Kier alpha value is -2.49. The molecule has 0 radical (unpaired) electrons. The molecule has 39 heavy (non-hydrogen) atoms. The summed E-state index contributed by atoms with van der Waals surface area (Å²) in [5.74, 6) is -1.38. The summed E-state index contributed by atoms with van der Waals surface area (Å²) in [6.45, 7) is 6.93. The van der Waals surface area contributed by atoms with Crippen LogP contribution in [0.2, 0.25) is 0 Å². The lowest BCUT2D eigenvalue weighted by Gasteiger charge is -2.22. The summed E-state index contributed by atoms with van der Waals surface area (Å²) < 4.78 is 0. The molecule has 0 aliphatic heterocycles. The summed E-state index contributed by atoms with van der Waals surface area (Å²) in [5.41, 5.74) is 15.8. The van der Waals surface area contributed by atoms with Gasteiger partial charge in [-0.15, -0.1) is 0 Å². The van der Waals surface area contributed by atoms with Gasteiger partial charge in [0.05, 0.1) is 16.7 Å². The van der Waals surface area contributed by atoms with Crippen LogP contribution in [0.5, 0.6) is 0 Å². The summed E-state index contributed by atoms with van der Waals surface area (Å²) >= 11 is 0. The van der Waals surface area contributed by atoms with Crippen molar-refractivity contribution in [2.45, 2.75) is 116 Å². The highest BCUT2D eigenvalue weighted by Gasteiger charge is 2.18. The second kappa shape index (κ2) is 18.0. The van der Waals surface area contributed by atoms with Crippen LogP contribution >= 0.6 is 0 Å². The van der Waals surface area contributed by atoms with Crippen molar-refractivity contribution in [2.75, 3.05) is 0 Å². The first-order valence-corrected chi connectivity index (χ1v) is 14.4. The minimum Gasteiger partial charge on any atom is -0.478 e. The number of rotatable bonds is 3. The lowest BCUT2D eigenvalue weighted by atomic mass is 9.88. The molecule has 0 heterocycles. The van der Waals surface area contributed by atoms with Gasteiger partial charge in [0.1, 0.15) is 0 Å². The van der Waals surface area contributed by atoms with Crippen LogP contribution in [0.4, 0.5) is 0 Å². The van der Waals surface area contributed by atoms with Crippen LogP contribution in [0.1, 0.15) is 129 Å². The van der Waals surface area contributed by atoms with Gasteiger partial charge in [0, 0.05) is 18.1 Å². The van der Waals surface area contributed by atoms with Crippen LogP contribution in [-0.2, 0) is 0 Å². The van der Waals surface area contributed by atoms with Gasteiger partial charge in [0.25, 0.3) is 0 Å². The molecule has 9 heteroatoms. The van der Waals surface area contributed by atoms with Gasteiger partial charge < -0.3 is 32.5 Å². The second-order valence-corrected chi connectivity index (χ2v) is 11.7. The molecular weight excluding hydrogens is 498 g/mol. The Labute approximate surface area is 233 Å². The largest absolute Gasteiger partial charge is 0.478 e. The van der Waals surface area contributed by atoms with Crippen LogP contribution < -0.4 is 17.2 Å². The number of nitrogens with two attached hydrogens (primary N) is 3. The molecule has 1 aromatic rings. The van der Waals surface area contributed by atoms with Crippen molar-refractivity contribution in [1.82, 2.24) is 0 Å². The van der Waals surface area contributed by atoms with Crippen molar-refractivity contribution >= 4 is 17.9 Å². The van der Waals surface area contributed by atoms with Crippen LogP contribution in [0.15, 0.2) is 18.2 Å². The average molecular weight is 550 g/mol. The van der Waals surface area contributed by atoms with E-state index in [2.05, 4.69) is 20.8 Å². The van der Waals surface area contributed by atoms with E-state index >= 15 is 0 Å². The summed E-state index contributed by atoms with van der Waals surface area (Å²) in [4.78, 5) is 31.8. The maximum absolute atomic E-state index is 10.6. The van der Waals surface area contributed by atoms with Crippen LogP contribution in [0, 0.1) is 17.8 Å². The van der Waals surface area contributed by atoms with Gasteiger partial charge in [0.2, 0.25) is 0 Å². The summed E-state index contributed by atoms with van der Waals surface area (Å²) in [6.07, 6.45) is 15.6. The third kappa shape index (κ3) is 14.5. The van der Waals surface area contributed by atoms with Crippen molar-refractivity contribution in [2.24, 2.45) is 35.0 Å². The van der Waals surface area contributed by atoms with Crippen molar-refractivity contribution in [1.29, 1.82) is 0 Å². The SMILES string of the molecule is CC1CCC(N)CC1.CC1CCC(N)CC1.CC1CCC(N)CC1.O=C(O)c1ccc(C(=O)O)c(C(=O)O)c1. The number of carbonyl (C=O) groups is 3. The van der Waals surface area contributed by atoms with Gasteiger partial charge in [-0.1, -0.05) is 20.8 Å². The molecule has 0 bridgehead atoms. The fourth-order valence-electron chi connectivity index (χ4n) is 4.90. The molecule has 0 unspecified atom stereocenters. The minimum atomic E-state index is -1.48. The fraction of sp³-hybridized carbons (Fsp3) is 0.700. The summed E-state index contributed by atoms with van der Waals surface area (Å²) in [6, 6.07) is 4.37. The molecular formula is C30H51N3O6. The van der Waals surface area contributed by atoms with E-state index in [1.807, 2.05) is 0 Å². The highest BCUT2D eigenvalue weighted by atomic mass is 16.4. The molecule has 3 fully saturated rings. The van der Waals surface area contributed by atoms with Gasteiger partial charge in [-0.05, 0) is 113 Å². The topological polar surface area (TPSA) is 190 Å². The van der Waals surface area contributed by atoms with Gasteiger partial charge >= 0.3 is 17.9 Å². The van der Waals surface area contributed by atoms with E-state index in [1.54, 1.807) is 0 Å². The lowest BCUT2D eigenvalue weighted by Crippen LogP contribution is -2.25. The third-order valence-corrected chi connectivity index (χ3v) is 7.91. The molecule has 3 aliphatic rings. The van der Waals surface area contributed by atoms with Crippen molar-refractivity contribution in [3.8, 4) is 0 Å². The first-order chi connectivity index (χ1) is 18.3. The van der Waals surface area contributed by atoms with E-state index < -0.39 is 29.0 Å². The molecule has 3 saturated carbocycles. The molecule has 0 amide bonds. The van der Waals surface area contributed by atoms with Gasteiger partial charge in [-0.25, -0.2) is 14.4 Å². The normalized spacial score (nSPS) is 28.2. The van der Waals surface area contributed by atoms with Crippen molar-refractivity contribution < 1.29 is 29.7 Å². The molecule has 222 valence electrons. The average Bonchev–Trinajstić information content (AvgIpc) is 2.90. The van der Waals surface area contributed by atoms with E-state index in [1.165, 1.54) is 77.0 Å². The number of carboxylic acid groups (broad SMARTS) is 3. The number of aromatic carboxylic acids is 3. The Morgan fingerprint density at radius 1 is 0.538 bits per heavy atom. The Bertz CT molecular complexity index is 807. The molecule has 1 aromatic carbocycles. The molecule has 9 N–H and O–H groups in total. The van der Waals surface area contributed by atoms with Gasteiger partial charge in [0.15, 0.2) is 0 Å². The monoisotopic (exact) mass is 549 g/mol. The number of hydrogen-bond donors (Lipinski definition) is 6. The van der Waals surface area contributed by atoms with E-state index in [4.69, 9.17) is 32.5 Å². The standard InChI is InChI=1S/C9H6O6.3C7H15N/c10-7(11)4-1-2-5(8(12)13)6(3-4)9(14)15;3*1-6-2-4-7(8)5-3-6/h1-3H,(H,10,11)(H,12,13)(H,14,15);3*6-7H,2-5,8H2,1H3. The van der Waals surface area contributed by atoms with E-state index in [0.717, 1.165) is 36.0 Å². The Kier molecular flexibility index (Phi) is 15.9. The Morgan fingerprint density at radius 3 is 1.08 bits per heavy atom. The maximum Gasteiger partial charge on any atom is 0.336 e. The highest BCUT2D eigenvalue weighted by molar-refractivity contribution is 6.03. The van der Waals surface area contributed by atoms with E-state index in [9.17, 15) is 14.4 Å². The first-order valence-electron chi connectivity index (χ1n) is 14.4. The predicted octanol–water partition coefficient (Wildman–Crippen LogP) is 5.35. The number of hydrogen-bond acceptors (Lipinski definition) is 6. The zero-order chi connectivity index (χ0) is 29.5. The summed E-state index contributed by atoms with van der Waals surface area (Å²) in [5, 5.41) is 25.9. The fourth-order valence-corrected chi connectivity index (χ4v) is 4.90. The van der Waals surface area contributed by atoms with E-state index in [-0.39, 0.29) is 5.56 Å². The summed E-state index contributed by atoms with van der Waals surface area (Å²) in [7, 11) is 0. The zero-order valence-electron chi connectivity index (χ0n) is 24.0. The predicted molar refractivity (Wildman–Crippen MR) is 154 cm³/mol. The highest BCUT2D eigenvalue weighted by Crippen LogP contribution is 2.23. The molecule has 0 saturated heterocycles. The quantitative estimate of drug-likeness (QED) is 0.288. The molecule has 0 spiro atoms. The second-order valence-electron chi connectivity index (χ2n) is 11.7. The molecule has 4 rings (SSSR count). The molecule has 0 atom stereocenters. The molecule has 9 nitrogen and oxygen atoms in total. The third-order valence-electron chi connectivity index (χ3n) is 7.91. The van der Waals surface area contributed by atoms with Crippen LogP contribution in [-0.4, -0.2) is 51.4 Å². The molecule has 0 aromatic heterocycles. The van der Waals surface area contributed by atoms with E-state index in [0.29, 0.717) is 18.1 Å². The van der Waals surface area contributed by atoms with Crippen molar-refractivity contribution in [3.05, 3.63) is 34.9 Å². The Balaban J connectivity index is 0.000000273. The lowest BCUT2D eigenvalue weighted by molar-refractivity contribution is 0.0649. The maximum atomic E-state index is 10.6. The van der Waals surface area contributed by atoms with Crippen LogP contribution in [0.3, 0.4) is 0 Å². The molecule has 3 aliphatic carbocycles. The first kappa shape index (κ1) is 34.5. The van der Waals surface area contributed by atoms with Gasteiger partial charge in [-0.2, -0.15) is 0 Å². The van der Waals surface area contributed by atoms with Crippen molar-refractivity contribution in [3.63, 3.8) is 0 Å².